The van der Waals surface area contributed by atoms with E-state index in [1.807, 2.05) is 7.05 Å². The largest absolute Gasteiger partial charge is 0.325 e. The van der Waals surface area contributed by atoms with E-state index >= 15 is 0 Å². The second kappa shape index (κ2) is 2.81. The van der Waals surface area contributed by atoms with Crippen LogP contribution in [0.3, 0.4) is 0 Å². The van der Waals surface area contributed by atoms with E-state index in [1.54, 1.807) is 10.7 Å². The molecule has 0 aliphatic rings. The molecule has 0 radical (unpaired) electrons. The first-order valence-electron chi connectivity index (χ1n) is 4.03. The van der Waals surface area contributed by atoms with E-state index in [2.05, 4.69) is 5.10 Å². The van der Waals surface area contributed by atoms with Crippen LogP contribution in [0, 0.1) is 5.82 Å². The van der Waals surface area contributed by atoms with Gasteiger partial charge in [-0.05, 0) is 18.2 Å². The molecule has 0 bridgehead atoms. The Morgan fingerprint density at radius 2 is 2.31 bits per heavy atom. The average Bonchev–Trinajstić information content (AvgIpc) is 2.42. The predicted molar refractivity (Wildman–Crippen MR) is 48.6 cm³/mol. The third-order valence-corrected chi connectivity index (χ3v) is 2.08. The Hall–Kier alpha value is -1.42. The zero-order valence-electron chi connectivity index (χ0n) is 7.29. The summed E-state index contributed by atoms with van der Waals surface area (Å²) >= 11 is 0. The van der Waals surface area contributed by atoms with E-state index in [-0.39, 0.29) is 5.82 Å². The summed E-state index contributed by atoms with van der Waals surface area (Å²) in [7, 11) is 1.82. The van der Waals surface area contributed by atoms with Crippen LogP contribution >= 0.6 is 0 Å². The van der Waals surface area contributed by atoms with Gasteiger partial charge in [-0.15, -0.1) is 0 Å². The van der Waals surface area contributed by atoms with E-state index < -0.39 is 0 Å². The number of aryl methyl sites for hydroxylation is 1. The monoisotopic (exact) mass is 179 g/mol. The molecule has 0 atom stereocenters. The van der Waals surface area contributed by atoms with Crippen molar-refractivity contribution in [2.45, 2.75) is 6.54 Å². The fourth-order valence-electron chi connectivity index (χ4n) is 1.46. The van der Waals surface area contributed by atoms with Crippen LogP contribution in [0.25, 0.3) is 10.9 Å². The molecule has 2 rings (SSSR count). The molecule has 0 unspecified atom stereocenters. The number of hydrogen-bond donors (Lipinski definition) is 1. The van der Waals surface area contributed by atoms with E-state index in [9.17, 15) is 4.39 Å². The van der Waals surface area contributed by atoms with Gasteiger partial charge in [0, 0.05) is 19.0 Å². The molecular weight excluding hydrogens is 169 g/mol. The molecule has 0 saturated carbocycles. The van der Waals surface area contributed by atoms with Gasteiger partial charge in [0.1, 0.15) is 5.82 Å². The van der Waals surface area contributed by atoms with Crippen molar-refractivity contribution in [2.24, 2.45) is 12.8 Å². The minimum atomic E-state index is -0.254. The number of benzene rings is 1. The summed E-state index contributed by atoms with van der Waals surface area (Å²) in [5, 5.41) is 4.97. The van der Waals surface area contributed by atoms with E-state index in [0.717, 1.165) is 16.6 Å². The molecule has 0 spiro atoms. The quantitative estimate of drug-likeness (QED) is 0.714. The van der Waals surface area contributed by atoms with Crippen LogP contribution in [0.2, 0.25) is 0 Å². The number of fused-ring (bicyclic) bond motifs is 1. The van der Waals surface area contributed by atoms with Crippen molar-refractivity contribution in [1.82, 2.24) is 9.78 Å². The molecule has 2 N–H and O–H groups in total. The van der Waals surface area contributed by atoms with Crippen molar-refractivity contribution in [1.29, 1.82) is 0 Å². The molecule has 0 saturated heterocycles. The minimum Gasteiger partial charge on any atom is -0.325 e. The highest BCUT2D eigenvalue weighted by Crippen LogP contribution is 2.18. The summed E-state index contributed by atoms with van der Waals surface area (Å²) in [5.41, 5.74) is 7.12. The van der Waals surface area contributed by atoms with Crippen LogP contribution in [0.5, 0.6) is 0 Å². The maximum atomic E-state index is 12.9. The molecule has 68 valence electrons. The fourth-order valence-corrected chi connectivity index (χ4v) is 1.46. The molecule has 4 heteroatoms. The van der Waals surface area contributed by atoms with Crippen LogP contribution in [0.1, 0.15) is 5.69 Å². The van der Waals surface area contributed by atoms with Gasteiger partial charge in [-0.1, -0.05) is 0 Å². The predicted octanol–water partition coefficient (Wildman–Crippen LogP) is 1.17. The van der Waals surface area contributed by atoms with Gasteiger partial charge in [-0.3, -0.25) is 4.68 Å². The van der Waals surface area contributed by atoms with Gasteiger partial charge in [-0.25, -0.2) is 4.39 Å². The summed E-state index contributed by atoms with van der Waals surface area (Å²) in [6.07, 6.45) is 0. The first-order chi connectivity index (χ1) is 6.22. The Balaban J connectivity index is 2.81. The summed E-state index contributed by atoms with van der Waals surface area (Å²) in [4.78, 5) is 0. The standard InChI is InChI=1S/C9H10FN3/c1-13-9-3-2-6(10)4-7(9)8(5-11)12-13/h2-4H,5,11H2,1H3. The van der Waals surface area contributed by atoms with E-state index in [4.69, 9.17) is 5.73 Å². The molecule has 1 heterocycles. The molecule has 1 aromatic carbocycles. The molecule has 0 fully saturated rings. The highest BCUT2D eigenvalue weighted by Gasteiger charge is 2.06. The first kappa shape index (κ1) is 8.19. The van der Waals surface area contributed by atoms with Gasteiger partial charge in [0.15, 0.2) is 0 Å². The summed E-state index contributed by atoms with van der Waals surface area (Å²) < 4.78 is 14.6. The van der Waals surface area contributed by atoms with Gasteiger partial charge < -0.3 is 5.73 Å². The van der Waals surface area contributed by atoms with Crippen molar-refractivity contribution in [3.8, 4) is 0 Å². The third kappa shape index (κ3) is 1.19. The number of aromatic nitrogens is 2. The molecule has 1 aromatic heterocycles. The molecule has 0 aliphatic heterocycles. The number of nitrogens with zero attached hydrogens (tertiary/aromatic N) is 2. The third-order valence-electron chi connectivity index (χ3n) is 2.08. The highest BCUT2D eigenvalue weighted by molar-refractivity contribution is 5.81. The van der Waals surface area contributed by atoms with Gasteiger partial charge in [0.25, 0.3) is 0 Å². The average molecular weight is 179 g/mol. The topological polar surface area (TPSA) is 43.8 Å². The lowest BCUT2D eigenvalue weighted by atomic mass is 10.2. The van der Waals surface area contributed by atoms with Gasteiger partial charge in [-0.2, -0.15) is 5.10 Å². The zero-order valence-corrected chi connectivity index (χ0v) is 7.29. The molecule has 3 nitrogen and oxygen atoms in total. The van der Waals surface area contributed by atoms with Crippen molar-refractivity contribution in [2.75, 3.05) is 0 Å². The van der Waals surface area contributed by atoms with Gasteiger partial charge in [0.2, 0.25) is 0 Å². The maximum Gasteiger partial charge on any atom is 0.124 e. The van der Waals surface area contributed by atoms with Crippen LogP contribution in [-0.2, 0) is 13.6 Å². The SMILES string of the molecule is Cn1nc(CN)c2cc(F)ccc21. The molecule has 2 aromatic rings. The zero-order chi connectivity index (χ0) is 9.42. The first-order valence-corrected chi connectivity index (χ1v) is 4.03. The smallest absolute Gasteiger partial charge is 0.124 e. The van der Waals surface area contributed by atoms with Crippen molar-refractivity contribution < 1.29 is 4.39 Å². The van der Waals surface area contributed by atoms with Crippen LogP contribution in [-0.4, -0.2) is 9.78 Å². The number of halogens is 1. The molecule has 0 amide bonds. The number of rotatable bonds is 1. The number of hydrogen-bond acceptors (Lipinski definition) is 2. The van der Waals surface area contributed by atoms with Gasteiger partial charge in [0.05, 0.1) is 11.2 Å². The van der Waals surface area contributed by atoms with E-state index in [0.29, 0.717) is 6.54 Å². The highest BCUT2D eigenvalue weighted by atomic mass is 19.1. The minimum absolute atomic E-state index is 0.254. The Bertz CT molecular complexity index is 447. The second-order valence-corrected chi connectivity index (χ2v) is 2.94. The molecular formula is C9H10FN3. The summed E-state index contributed by atoms with van der Waals surface area (Å²) in [6, 6.07) is 4.59. The maximum absolute atomic E-state index is 12.9. The van der Waals surface area contributed by atoms with Crippen LogP contribution in [0.4, 0.5) is 4.39 Å². The summed E-state index contributed by atoms with van der Waals surface area (Å²) in [6.45, 7) is 0.334. The van der Waals surface area contributed by atoms with Crippen LogP contribution in [0.15, 0.2) is 18.2 Å². The van der Waals surface area contributed by atoms with Crippen molar-refractivity contribution in [3.63, 3.8) is 0 Å². The lowest BCUT2D eigenvalue weighted by Crippen LogP contribution is -1.98. The lowest BCUT2D eigenvalue weighted by Gasteiger charge is -1.92. The van der Waals surface area contributed by atoms with E-state index in [1.165, 1.54) is 12.1 Å². The molecule has 0 aliphatic carbocycles. The normalized spacial score (nSPS) is 11.0. The molecule has 13 heavy (non-hydrogen) atoms. The lowest BCUT2D eigenvalue weighted by molar-refractivity contribution is 0.629. The Labute approximate surface area is 75.0 Å². The Kier molecular flexibility index (Phi) is 1.77. The van der Waals surface area contributed by atoms with Crippen molar-refractivity contribution in [3.05, 3.63) is 29.7 Å². The van der Waals surface area contributed by atoms with Crippen molar-refractivity contribution >= 4 is 10.9 Å². The van der Waals surface area contributed by atoms with Gasteiger partial charge >= 0.3 is 0 Å². The Morgan fingerprint density at radius 3 is 3.00 bits per heavy atom. The number of nitrogens with two attached hydrogens (primary N) is 1. The van der Waals surface area contributed by atoms with Crippen LogP contribution < -0.4 is 5.73 Å². The Morgan fingerprint density at radius 1 is 1.54 bits per heavy atom. The fraction of sp³-hybridized carbons (Fsp3) is 0.222. The summed E-state index contributed by atoms with van der Waals surface area (Å²) in [5.74, 6) is -0.254. The second-order valence-electron chi connectivity index (χ2n) is 2.94.